The Morgan fingerprint density at radius 3 is 2.57 bits per heavy atom. The summed E-state index contributed by atoms with van der Waals surface area (Å²) in [5.41, 5.74) is 0.550. The maximum atomic E-state index is 11.8. The molecular formula is C17H24O4. The molecule has 116 valence electrons. The number of methoxy groups -OCH3 is 1. The van der Waals surface area contributed by atoms with Crippen LogP contribution in [-0.2, 0) is 25.6 Å². The van der Waals surface area contributed by atoms with Gasteiger partial charge in [0.25, 0.3) is 0 Å². The lowest BCUT2D eigenvalue weighted by Crippen LogP contribution is -2.44. The summed E-state index contributed by atoms with van der Waals surface area (Å²) >= 11 is 0. The molecule has 1 aromatic rings. The first kappa shape index (κ1) is 16.0. The van der Waals surface area contributed by atoms with Crippen molar-refractivity contribution in [2.75, 3.05) is 13.7 Å². The second kappa shape index (κ2) is 7.05. The van der Waals surface area contributed by atoms with Crippen molar-refractivity contribution in [1.82, 2.24) is 0 Å². The molecule has 0 N–H and O–H groups in total. The molecule has 0 radical (unpaired) electrons. The molecule has 1 heterocycles. The minimum Gasteiger partial charge on any atom is -0.469 e. The van der Waals surface area contributed by atoms with Gasteiger partial charge in [-0.05, 0) is 32.3 Å². The molecule has 1 aliphatic rings. The molecule has 0 spiro atoms. The van der Waals surface area contributed by atoms with Gasteiger partial charge < -0.3 is 14.2 Å². The predicted octanol–water partition coefficient (Wildman–Crippen LogP) is 2.95. The molecule has 1 fully saturated rings. The fraction of sp³-hybridized carbons (Fsp3) is 0.588. The molecule has 4 heteroatoms. The molecule has 2 atom stereocenters. The van der Waals surface area contributed by atoms with Crippen molar-refractivity contribution in [3.63, 3.8) is 0 Å². The number of ether oxygens (including phenoxy) is 3. The monoisotopic (exact) mass is 292 g/mol. The lowest BCUT2D eigenvalue weighted by molar-refractivity contribution is -0.170. The number of carbonyl (C=O) groups is 1. The Balaban J connectivity index is 1.79. The molecule has 0 saturated carbocycles. The number of hydrogen-bond donors (Lipinski definition) is 0. The molecule has 1 aliphatic heterocycles. The van der Waals surface area contributed by atoms with Gasteiger partial charge in [-0.25, -0.2) is 0 Å². The van der Waals surface area contributed by atoms with E-state index in [0.29, 0.717) is 13.2 Å². The summed E-state index contributed by atoms with van der Waals surface area (Å²) in [6.07, 6.45) is 1.69. The van der Waals surface area contributed by atoms with Gasteiger partial charge in [0.05, 0.1) is 37.9 Å². The Hall–Kier alpha value is -1.39. The van der Waals surface area contributed by atoms with Crippen molar-refractivity contribution < 1.29 is 19.0 Å². The highest BCUT2D eigenvalue weighted by Crippen LogP contribution is 2.32. The van der Waals surface area contributed by atoms with Crippen molar-refractivity contribution in [1.29, 1.82) is 0 Å². The summed E-state index contributed by atoms with van der Waals surface area (Å²) in [7, 11) is 1.42. The molecule has 0 bridgehead atoms. The van der Waals surface area contributed by atoms with Crippen LogP contribution in [0.25, 0.3) is 0 Å². The lowest BCUT2D eigenvalue weighted by Gasteiger charge is -2.37. The standard InChI is InChI=1S/C17H24O4/c1-17(2,16(18)19-3)15-10-9-14(12-21-15)20-11-13-7-5-4-6-8-13/h4-8,14-15H,9-12H2,1-3H3/t14-,15+/m0/s1. The summed E-state index contributed by atoms with van der Waals surface area (Å²) in [5.74, 6) is -0.226. The van der Waals surface area contributed by atoms with Crippen molar-refractivity contribution in [3.8, 4) is 0 Å². The Bertz CT molecular complexity index is 447. The smallest absolute Gasteiger partial charge is 0.313 e. The van der Waals surface area contributed by atoms with Crippen molar-refractivity contribution in [2.24, 2.45) is 5.41 Å². The summed E-state index contributed by atoms with van der Waals surface area (Å²) < 4.78 is 16.6. The van der Waals surface area contributed by atoms with E-state index in [2.05, 4.69) is 0 Å². The first-order chi connectivity index (χ1) is 10.0. The Morgan fingerprint density at radius 1 is 1.29 bits per heavy atom. The number of benzene rings is 1. The van der Waals surface area contributed by atoms with Gasteiger partial charge in [0.1, 0.15) is 0 Å². The van der Waals surface area contributed by atoms with E-state index in [1.165, 1.54) is 7.11 Å². The highest BCUT2D eigenvalue weighted by Gasteiger charge is 2.41. The van der Waals surface area contributed by atoms with Crippen LogP contribution in [0.1, 0.15) is 32.3 Å². The summed E-state index contributed by atoms with van der Waals surface area (Å²) in [4.78, 5) is 11.8. The molecule has 0 unspecified atom stereocenters. The van der Waals surface area contributed by atoms with Crippen molar-refractivity contribution in [3.05, 3.63) is 35.9 Å². The average molecular weight is 292 g/mol. The fourth-order valence-electron chi connectivity index (χ4n) is 2.61. The molecule has 2 rings (SSSR count). The quantitative estimate of drug-likeness (QED) is 0.783. The van der Waals surface area contributed by atoms with Gasteiger partial charge in [0, 0.05) is 0 Å². The fourth-order valence-corrected chi connectivity index (χ4v) is 2.61. The van der Waals surface area contributed by atoms with Crippen molar-refractivity contribution in [2.45, 2.75) is 45.5 Å². The maximum Gasteiger partial charge on any atom is 0.313 e. The third-order valence-electron chi connectivity index (χ3n) is 4.08. The third kappa shape index (κ3) is 4.05. The van der Waals surface area contributed by atoms with E-state index in [-0.39, 0.29) is 18.2 Å². The normalized spacial score (nSPS) is 22.8. The van der Waals surface area contributed by atoms with Crippen LogP contribution >= 0.6 is 0 Å². The summed E-state index contributed by atoms with van der Waals surface area (Å²) in [6.45, 7) is 4.86. The van der Waals surface area contributed by atoms with Crippen LogP contribution in [0.4, 0.5) is 0 Å². The Kier molecular flexibility index (Phi) is 5.37. The first-order valence-corrected chi connectivity index (χ1v) is 7.39. The van der Waals surface area contributed by atoms with Crippen LogP contribution < -0.4 is 0 Å². The minimum atomic E-state index is -0.612. The van der Waals surface area contributed by atoms with Gasteiger partial charge in [-0.1, -0.05) is 30.3 Å². The van der Waals surface area contributed by atoms with E-state index in [0.717, 1.165) is 18.4 Å². The van der Waals surface area contributed by atoms with Gasteiger partial charge in [0.2, 0.25) is 0 Å². The number of rotatable bonds is 5. The average Bonchev–Trinajstić information content (AvgIpc) is 2.53. The Morgan fingerprint density at radius 2 is 2.00 bits per heavy atom. The van der Waals surface area contributed by atoms with Gasteiger partial charge in [-0.2, -0.15) is 0 Å². The van der Waals surface area contributed by atoms with Crippen LogP contribution in [0.15, 0.2) is 30.3 Å². The minimum absolute atomic E-state index is 0.0925. The summed E-state index contributed by atoms with van der Waals surface area (Å²) in [5, 5.41) is 0. The second-order valence-corrected chi connectivity index (χ2v) is 6.03. The maximum absolute atomic E-state index is 11.8. The Labute approximate surface area is 126 Å². The van der Waals surface area contributed by atoms with Crippen LogP contribution in [0.3, 0.4) is 0 Å². The lowest BCUT2D eigenvalue weighted by atomic mass is 9.82. The zero-order chi connectivity index (χ0) is 15.3. The highest BCUT2D eigenvalue weighted by molar-refractivity contribution is 5.76. The molecule has 21 heavy (non-hydrogen) atoms. The van der Waals surface area contributed by atoms with E-state index in [1.807, 2.05) is 44.2 Å². The highest BCUT2D eigenvalue weighted by atomic mass is 16.5. The van der Waals surface area contributed by atoms with Crippen LogP contribution in [0.5, 0.6) is 0 Å². The van der Waals surface area contributed by atoms with E-state index in [9.17, 15) is 4.79 Å². The van der Waals surface area contributed by atoms with E-state index >= 15 is 0 Å². The molecule has 0 aromatic heterocycles. The van der Waals surface area contributed by atoms with Crippen LogP contribution in [0, 0.1) is 5.41 Å². The van der Waals surface area contributed by atoms with Gasteiger partial charge in [0.15, 0.2) is 0 Å². The zero-order valence-corrected chi connectivity index (χ0v) is 13.0. The molecule has 4 nitrogen and oxygen atoms in total. The summed E-state index contributed by atoms with van der Waals surface area (Å²) in [6, 6.07) is 10.1. The number of esters is 1. The van der Waals surface area contributed by atoms with E-state index < -0.39 is 5.41 Å². The van der Waals surface area contributed by atoms with Gasteiger partial charge in [-0.15, -0.1) is 0 Å². The molecule has 1 saturated heterocycles. The van der Waals surface area contributed by atoms with Gasteiger partial charge >= 0.3 is 5.97 Å². The molecule has 1 aromatic carbocycles. The number of hydrogen-bond acceptors (Lipinski definition) is 4. The SMILES string of the molecule is COC(=O)C(C)(C)[C@H]1CC[C@H](OCc2ccccc2)CO1. The zero-order valence-electron chi connectivity index (χ0n) is 13.0. The molecule has 0 aliphatic carbocycles. The first-order valence-electron chi connectivity index (χ1n) is 7.39. The van der Waals surface area contributed by atoms with Gasteiger partial charge in [-0.3, -0.25) is 4.79 Å². The predicted molar refractivity (Wildman–Crippen MR) is 79.8 cm³/mol. The van der Waals surface area contributed by atoms with E-state index in [4.69, 9.17) is 14.2 Å². The molecule has 0 amide bonds. The topological polar surface area (TPSA) is 44.8 Å². The number of carbonyl (C=O) groups excluding carboxylic acids is 1. The largest absolute Gasteiger partial charge is 0.469 e. The third-order valence-corrected chi connectivity index (χ3v) is 4.08. The second-order valence-electron chi connectivity index (χ2n) is 6.03. The van der Waals surface area contributed by atoms with Crippen LogP contribution in [0.2, 0.25) is 0 Å². The van der Waals surface area contributed by atoms with E-state index in [1.54, 1.807) is 0 Å². The van der Waals surface area contributed by atoms with Crippen molar-refractivity contribution >= 4 is 5.97 Å². The van der Waals surface area contributed by atoms with Crippen LogP contribution in [-0.4, -0.2) is 31.9 Å². The molecular weight excluding hydrogens is 268 g/mol.